The van der Waals surface area contributed by atoms with Gasteiger partial charge < -0.3 is 14.2 Å². The van der Waals surface area contributed by atoms with Gasteiger partial charge in [-0.25, -0.2) is 4.98 Å². The standard InChI is InChI=1S/C22H20N2O3/c1-25-19-14-21(27-3)20(26-2)13-16(19)22-23-17-11-7-8-12-18(17)24(22)15-9-5-4-6-10-15/h4-14H,1-3H3. The zero-order valence-electron chi connectivity index (χ0n) is 15.5. The van der Waals surface area contributed by atoms with Crippen LogP contribution in [0.25, 0.3) is 28.1 Å². The lowest BCUT2D eigenvalue weighted by Gasteiger charge is -2.15. The molecule has 0 N–H and O–H groups in total. The lowest BCUT2D eigenvalue weighted by atomic mass is 10.1. The van der Waals surface area contributed by atoms with Crippen molar-refractivity contribution in [2.24, 2.45) is 0 Å². The molecule has 0 bridgehead atoms. The maximum Gasteiger partial charge on any atom is 0.164 e. The normalized spacial score (nSPS) is 10.8. The van der Waals surface area contributed by atoms with Crippen molar-refractivity contribution < 1.29 is 14.2 Å². The Morgan fingerprint density at radius 2 is 1.33 bits per heavy atom. The van der Waals surface area contributed by atoms with E-state index in [0.29, 0.717) is 17.2 Å². The van der Waals surface area contributed by atoms with E-state index in [1.807, 2.05) is 48.5 Å². The minimum absolute atomic E-state index is 0.612. The summed E-state index contributed by atoms with van der Waals surface area (Å²) < 4.78 is 18.7. The number of imidazole rings is 1. The fourth-order valence-corrected chi connectivity index (χ4v) is 3.25. The first-order valence-electron chi connectivity index (χ1n) is 8.60. The quantitative estimate of drug-likeness (QED) is 0.517. The van der Waals surface area contributed by atoms with E-state index in [1.165, 1.54) is 0 Å². The van der Waals surface area contributed by atoms with Gasteiger partial charge in [-0.1, -0.05) is 30.3 Å². The Bertz CT molecular complexity index is 1090. The van der Waals surface area contributed by atoms with Gasteiger partial charge in [0, 0.05) is 11.8 Å². The second kappa shape index (κ2) is 7.03. The molecule has 0 saturated carbocycles. The summed E-state index contributed by atoms with van der Waals surface area (Å²) in [7, 11) is 4.87. The summed E-state index contributed by atoms with van der Waals surface area (Å²) >= 11 is 0. The Balaban J connectivity index is 2.05. The van der Waals surface area contributed by atoms with Crippen LogP contribution in [0.3, 0.4) is 0 Å². The molecule has 4 aromatic rings. The van der Waals surface area contributed by atoms with Crippen LogP contribution >= 0.6 is 0 Å². The molecule has 5 nitrogen and oxygen atoms in total. The molecule has 0 aliphatic carbocycles. The van der Waals surface area contributed by atoms with Crippen molar-refractivity contribution in [1.82, 2.24) is 9.55 Å². The second-order valence-corrected chi connectivity index (χ2v) is 6.00. The fourth-order valence-electron chi connectivity index (χ4n) is 3.25. The Kier molecular flexibility index (Phi) is 4.42. The van der Waals surface area contributed by atoms with Gasteiger partial charge in [0.05, 0.1) is 37.9 Å². The predicted molar refractivity (Wildman–Crippen MR) is 106 cm³/mol. The van der Waals surface area contributed by atoms with Gasteiger partial charge in [0.25, 0.3) is 0 Å². The number of rotatable bonds is 5. The van der Waals surface area contributed by atoms with Gasteiger partial charge in [-0.3, -0.25) is 4.57 Å². The van der Waals surface area contributed by atoms with E-state index in [4.69, 9.17) is 19.2 Å². The zero-order chi connectivity index (χ0) is 18.8. The van der Waals surface area contributed by atoms with Gasteiger partial charge in [-0.2, -0.15) is 0 Å². The summed E-state index contributed by atoms with van der Waals surface area (Å²) in [4.78, 5) is 4.89. The molecular formula is C22H20N2O3. The summed E-state index contributed by atoms with van der Waals surface area (Å²) in [5.74, 6) is 2.68. The predicted octanol–water partition coefficient (Wildman–Crippen LogP) is 4.72. The van der Waals surface area contributed by atoms with Crippen LogP contribution in [0, 0.1) is 0 Å². The fraction of sp³-hybridized carbons (Fsp3) is 0.136. The maximum atomic E-state index is 5.64. The van der Waals surface area contributed by atoms with Crippen LogP contribution in [0.4, 0.5) is 0 Å². The number of benzene rings is 3. The molecule has 0 aliphatic heterocycles. The lowest BCUT2D eigenvalue weighted by Crippen LogP contribution is -2.00. The first-order chi connectivity index (χ1) is 13.3. The Labute approximate surface area is 157 Å². The molecule has 1 aromatic heterocycles. The van der Waals surface area contributed by atoms with Gasteiger partial charge in [-0.05, 0) is 30.3 Å². The number of ether oxygens (including phenoxy) is 3. The number of nitrogens with zero attached hydrogens (tertiary/aromatic N) is 2. The minimum atomic E-state index is 0.612. The van der Waals surface area contributed by atoms with Crippen molar-refractivity contribution in [3.63, 3.8) is 0 Å². The summed E-state index contributed by atoms with van der Waals surface area (Å²) in [5.41, 5.74) is 3.79. The zero-order valence-corrected chi connectivity index (χ0v) is 15.5. The molecule has 4 rings (SSSR count). The average molecular weight is 360 g/mol. The Morgan fingerprint density at radius 3 is 2.04 bits per heavy atom. The van der Waals surface area contributed by atoms with E-state index in [1.54, 1.807) is 21.3 Å². The molecular weight excluding hydrogens is 340 g/mol. The van der Waals surface area contributed by atoms with Crippen molar-refractivity contribution in [3.05, 3.63) is 66.7 Å². The highest BCUT2D eigenvalue weighted by Gasteiger charge is 2.20. The molecule has 0 aliphatic rings. The number of hydrogen-bond acceptors (Lipinski definition) is 4. The second-order valence-electron chi connectivity index (χ2n) is 6.00. The molecule has 27 heavy (non-hydrogen) atoms. The number of fused-ring (bicyclic) bond motifs is 1. The van der Waals surface area contributed by atoms with E-state index in [-0.39, 0.29) is 0 Å². The van der Waals surface area contributed by atoms with Crippen LogP contribution in [0.1, 0.15) is 0 Å². The van der Waals surface area contributed by atoms with Crippen LogP contribution in [0.15, 0.2) is 66.7 Å². The molecule has 5 heteroatoms. The van der Waals surface area contributed by atoms with E-state index < -0.39 is 0 Å². The summed E-state index contributed by atoms with van der Waals surface area (Å²) in [6.07, 6.45) is 0. The summed E-state index contributed by atoms with van der Waals surface area (Å²) in [5, 5.41) is 0. The third kappa shape index (κ3) is 2.87. The third-order valence-electron chi connectivity index (χ3n) is 4.52. The van der Waals surface area contributed by atoms with Crippen molar-refractivity contribution in [1.29, 1.82) is 0 Å². The van der Waals surface area contributed by atoms with Gasteiger partial charge in [-0.15, -0.1) is 0 Å². The van der Waals surface area contributed by atoms with Crippen LogP contribution in [-0.2, 0) is 0 Å². The number of methoxy groups -OCH3 is 3. The molecule has 0 spiro atoms. The monoisotopic (exact) mass is 360 g/mol. The van der Waals surface area contributed by atoms with Gasteiger partial charge in [0.1, 0.15) is 11.6 Å². The van der Waals surface area contributed by atoms with E-state index in [9.17, 15) is 0 Å². The van der Waals surface area contributed by atoms with Crippen molar-refractivity contribution in [2.45, 2.75) is 0 Å². The van der Waals surface area contributed by atoms with Crippen LogP contribution in [0.2, 0.25) is 0 Å². The largest absolute Gasteiger partial charge is 0.496 e. The van der Waals surface area contributed by atoms with Crippen molar-refractivity contribution >= 4 is 11.0 Å². The molecule has 0 amide bonds. The molecule has 0 radical (unpaired) electrons. The molecule has 1 heterocycles. The molecule has 0 fully saturated rings. The smallest absolute Gasteiger partial charge is 0.164 e. The first kappa shape index (κ1) is 17.0. The van der Waals surface area contributed by atoms with E-state index in [2.05, 4.69) is 22.8 Å². The Hall–Kier alpha value is -3.47. The highest BCUT2D eigenvalue weighted by atomic mass is 16.5. The molecule has 0 saturated heterocycles. The van der Waals surface area contributed by atoms with Crippen LogP contribution in [-0.4, -0.2) is 30.9 Å². The molecule has 3 aromatic carbocycles. The number of para-hydroxylation sites is 3. The van der Waals surface area contributed by atoms with E-state index in [0.717, 1.165) is 28.1 Å². The molecule has 0 unspecified atom stereocenters. The van der Waals surface area contributed by atoms with Gasteiger partial charge in [0.2, 0.25) is 0 Å². The SMILES string of the molecule is COc1cc(OC)c(-c2nc3ccccc3n2-c2ccccc2)cc1OC. The molecule has 0 atom stereocenters. The first-order valence-corrected chi connectivity index (χ1v) is 8.60. The minimum Gasteiger partial charge on any atom is -0.496 e. The highest BCUT2D eigenvalue weighted by Crippen LogP contribution is 2.41. The maximum absolute atomic E-state index is 5.64. The van der Waals surface area contributed by atoms with Crippen LogP contribution in [0.5, 0.6) is 17.2 Å². The van der Waals surface area contributed by atoms with E-state index >= 15 is 0 Å². The summed E-state index contributed by atoms with van der Waals surface area (Å²) in [6.45, 7) is 0. The number of aromatic nitrogens is 2. The topological polar surface area (TPSA) is 45.5 Å². The average Bonchev–Trinajstić information content (AvgIpc) is 3.12. The third-order valence-corrected chi connectivity index (χ3v) is 4.52. The number of hydrogen-bond donors (Lipinski definition) is 0. The van der Waals surface area contributed by atoms with Gasteiger partial charge in [0.15, 0.2) is 11.5 Å². The van der Waals surface area contributed by atoms with Crippen LogP contribution < -0.4 is 14.2 Å². The molecule has 136 valence electrons. The highest BCUT2D eigenvalue weighted by molar-refractivity contribution is 5.85. The lowest BCUT2D eigenvalue weighted by molar-refractivity contribution is 0.349. The summed E-state index contributed by atoms with van der Waals surface area (Å²) in [6, 6.07) is 21.9. The van der Waals surface area contributed by atoms with Gasteiger partial charge >= 0.3 is 0 Å². The Morgan fingerprint density at radius 1 is 0.704 bits per heavy atom. The van der Waals surface area contributed by atoms with Crippen molar-refractivity contribution in [3.8, 4) is 34.3 Å². The van der Waals surface area contributed by atoms with Crippen molar-refractivity contribution in [2.75, 3.05) is 21.3 Å².